The minimum Gasteiger partial charge on any atom is -0.368 e. The van der Waals surface area contributed by atoms with E-state index < -0.39 is 5.72 Å². The number of allylic oxidation sites excluding steroid dienone is 2. The van der Waals surface area contributed by atoms with Crippen LogP contribution in [0.5, 0.6) is 0 Å². The van der Waals surface area contributed by atoms with Crippen molar-refractivity contribution in [1.29, 1.82) is 0 Å². The first kappa shape index (κ1) is 9.90. The van der Waals surface area contributed by atoms with Gasteiger partial charge in [0.1, 0.15) is 0 Å². The van der Waals surface area contributed by atoms with Gasteiger partial charge in [-0.15, -0.1) is 0 Å². The minimum atomic E-state index is -0.851. The molecule has 1 aliphatic carbocycles. The SMILES string of the molecule is CN1CCN(C2(O)C=C[CH]C=C2)CC1. The van der Waals surface area contributed by atoms with Crippen molar-refractivity contribution in [2.75, 3.05) is 33.2 Å². The van der Waals surface area contributed by atoms with Gasteiger partial charge in [-0.05, 0) is 19.2 Å². The molecule has 2 aliphatic rings. The molecule has 0 spiro atoms. The number of hydrogen-bond acceptors (Lipinski definition) is 3. The van der Waals surface area contributed by atoms with E-state index in [-0.39, 0.29) is 0 Å². The molecule has 0 aromatic carbocycles. The predicted molar refractivity (Wildman–Crippen MR) is 56.6 cm³/mol. The average molecular weight is 193 g/mol. The van der Waals surface area contributed by atoms with Gasteiger partial charge in [-0.25, -0.2) is 0 Å². The third kappa shape index (κ3) is 1.90. The van der Waals surface area contributed by atoms with E-state index in [9.17, 15) is 5.11 Å². The van der Waals surface area contributed by atoms with E-state index >= 15 is 0 Å². The molecule has 0 saturated carbocycles. The van der Waals surface area contributed by atoms with E-state index in [4.69, 9.17) is 0 Å². The standard InChI is InChI=1S/C11H17N2O/c1-12-7-9-13(10-8-12)11(14)5-3-2-4-6-11/h2-6,14H,7-10H2,1H3. The number of rotatable bonds is 1. The van der Waals surface area contributed by atoms with Gasteiger partial charge in [0, 0.05) is 32.6 Å². The zero-order valence-corrected chi connectivity index (χ0v) is 8.56. The zero-order valence-electron chi connectivity index (χ0n) is 8.56. The van der Waals surface area contributed by atoms with E-state index in [1.165, 1.54) is 0 Å². The van der Waals surface area contributed by atoms with Crippen molar-refractivity contribution >= 4 is 0 Å². The highest BCUT2D eigenvalue weighted by Gasteiger charge is 2.31. The highest BCUT2D eigenvalue weighted by Crippen LogP contribution is 2.21. The van der Waals surface area contributed by atoms with Crippen LogP contribution in [0.2, 0.25) is 0 Å². The molecular weight excluding hydrogens is 176 g/mol. The smallest absolute Gasteiger partial charge is 0.157 e. The summed E-state index contributed by atoms with van der Waals surface area (Å²) in [6.07, 6.45) is 9.43. The predicted octanol–water partition coefficient (Wildman–Crippen LogP) is 0.253. The Kier molecular flexibility index (Phi) is 2.72. The summed E-state index contributed by atoms with van der Waals surface area (Å²) in [7, 11) is 2.11. The van der Waals surface area contributed by atoms with Crippen LogP contribution in [0.4, 0.5) is 0 Å². The van der Waals surface area contributed by atoms with Crippen molar-refractivity contribution in [2.24, 2.45) is 0 Å². The number of piperazine rings is 1. The van der Waals surface area contributed by atoms with Gasteiger partial charge in [0.05, 0.1) is 0 Å². The first-order chi connectivity index (χ1) is 6.71. The van der Waals surface area contributed by atoms with Crippen LogP contribution in [0.15, 0.2) is 24.3 Å². The lowest BCUT2D eigenvalue weighted by Gasteiger charge is -2.41. The maximum Gasteiger partial charge on any atom is 0.157 e. The molecule has 77 valence electrons. The minimum absolute atomic E-state index is 0.851. The summed E-state index contributed by atoms with van der Waals surface area (Å²) in [5, 5.41) is 10.3. The maximum atomic E-state index is 10.3. The van der Waals surface area contributed by atoms with E-state index in [1.54, 1.807) is 0 Å². The van der Waals surface area contributed by atoms with Gasteiger partial charge in [0.15, 0.2) is 5.72 Å². The summed E-state index contributed by atoms with van der Waals surface area (Å²) < 4.78 is 0. The van der Waals surface area contributed by atoms with E-state index in [0.717, 1.165) is 26.2 Å². The van der Waals surface area contributed by atoms with Crippen LogP contribution in [-0.2, 0) is 0 Å². The van der Waals surface area contributed by atoms with Crippen molar-refractivity contribution in [3.63, 3.8) is 0 Å². The molecule has 0 unspecified atom stereocenters. The van der Waals surface area contributed by atoms with Crippen LogP contribution in [0.1, 0.15) is 0 Å². The molecule has 1 fully saturated rings. The monoisotopic (exact) mass is 193 g/mol. The van der Waals surface area contributed by atoms with Crippen molar-refractivity contribution in [2.45, 2.75) is 5.72 Å². The van der Waals surface area contributed by atoms with Gasteiger partial charge in [-0.3, -0.25) is 4.90 Å². The molecular formula is C11H17N2O. The Labute approximate surface area is 85.3 Å². The number of nitrogens with zero attached hydrogens (tertiary/aromatic N) is 2. The average Bonchev–Trinajstić information content (AvgIpc) is 2.19. The summed E-state index contributed by atoms with van der Waals surface area (Å²) >= 11 is 0. The van der Waals surface area contributed by atoms with Crippen LogP contribution < -0.4 is 0 Å². The van der Waals surface area contributed by atoms with Gasteiger partial charge in [-0.1, -0.05) is 12.2 Å². The lowest BCUT2D eigenvalue weighted by molar-refractivity contribution is -0.0493. The fourth-order valence-corrected chi connectivity index (χ4v) is 1.89. The molecule has 0 aromatic rings. The first-order valence-electron chi connectivity index (χ1n) is 5.07. The Morgan fingerprint density at radius 3 is 2.21 bits per heavy atom. The summed E-state index contributed by atoms with van der Waals surface area (Å²) in [5.41, 5.74) is -0.851. The summed E-state index contributed by atoms with van der Waals surface area (Å²) in [6, 6.07) is 0. The third-order valence-corrected chi connectivity index (χ3v) is 2.92. The summed E-state index contributed by atoms with van der Waals surface area (Å²) in [5.74, 6) is 0. The number of likely N-dealkylation sites (N-methyl/N-ethyl adjacent to an activating group) is 1. The van der Waals surface area contributed by atoms with Gasteiger partial charge >= 0.3 is 0 Å². The van der Waals surface area contributed by atoms with E-state index in [0.29, 0.717) is 0 Å². The second-order valence-electron chi connectivity index (χ2n) is 3.98. The largest absolute Gasteiger partial charge is 0.368 e. The van der Waals surface area contributed by atoms with Crippen LogP contribution in [-0.4, -0.2) is 53.9 Å². The Balaban J connectivity index is 2.03. The van der Waals surface area contributed by atoms with Gasteiger partial charge in [0.25, 0.3) is 0 Å². The number of aliphatic hydroxyl groups is 1. The zero-order chi connectivity index (χ0) is 10.0. The topological polar surface area (TPSA) is 26.7 Å². The molecule has 1 N–H and O–H groups in total. The Hall–Kier alpha value is -0.640. The molecule has 1 saturated heterocycles. The maximum absolute atomic E-state index is 10.3. The lowest BCUT2D eigenvalue weighted by atomic mass is 10.0. The molecule has 1 heterocycles. The van der Waals surface area contributed by atoms with Crippen molar-refractivity contribution < 1.29 is 5.11 Å². The molecule has 3 heteroatoms. The molecule has 2 rings (SSSR count). The molecule has 0 aromatic heterocycles. The summed E-state index contributed by atoms with van der Waals surface area (Å²) in [6.45, 7) is 3.88. The van der Waals surface area contributed by atoms with E-state index in [1.807, 2.05) is 30.7 Å². The molecule has 1 radical (unpaired) electrons. The van der Waals surface area contributed by atoms with Crippen molar-refractivity contribution in [3.8, 4) is 0 Å². The van der Waals surface area contributed by atoms with Crippen LogP contribution in [0.25, 0.3) is 0 Å². The Morgan fingerprint density at radius 1 is 1.07 bits per heavy atom. The van der Waals surface area contributed by atoms with E-state index in [2.05, 4.69) is 16.8 Å². The molecule has 0 amide bonds. The van der Waals surface area contributed by atoms with Gasteiger partial charge < -0.3 is 10.0 Å². The highest BCUT2D eigenvalue weighted by molar-refractivity contribution is 5.26. The molecule has 1 aliphatic heterocycles. The molecule has 3 nitrogen and oxygen atoms in total. The van der Waals surface area contributed by atoms with Crippen LogP contribution in [0, 0.1) is 6.42 Å². The van der Waals surface area contributed by atoms with Crippen molar-refractivity contribution in [1.82, 2.24) is 9.80 Å². The number of hydrogen-bond donors (Lipinski definition) is 1. The van der Waals surface area contributed by atoms with Crippen molar-refractivity contribution in [3.05, 3.63) is 30.7 Å². The Morgan fingerprint density at radius 2 is 1.64 bits per heavy atom. The van der Waals surface area contributed by atoms with Gasteiger partial charge in [-0.2, -0.15) is 0 Å². The Bertz CT molecular complexity index is 240. The van der Waals surface area contributed by atoms with Crippen LogP contribution in [0.3, 0.4) is 0 Å². The first-order valence-corrected chi connectivity index (χ1v) is 5.07. The highest BCUT2D eigenvalue weighted by atomic mass is 16.3. The third-order valence-electron chi connectivity index (χ3n) is 2.92. The van der Waals surface area contributed by atoms with Gasteiger partial charge in [0.2, 0.25) is 0 Å². The fraction of sp³-hybridized carbons (Fsp3) is 0.545. The van der Waals surface area contributed by atoms with Crippen LogP contribution >= 0.6 is 0 Å². The fourth-order valence-electron chi connectivity index (χ4n) is 1.89. The molecule has 0 atom stereocenters. The lowest BCUT2D eigenvalue weighted by Crippen LogP contribution is -2.55. The second-order valence-corrected chi connectivity index (χ2v) is 3.98. The second kappa shape index (κ2) is 3.85. The summed E-state index contributed by atoms with van der Waals surface area (Å²) in [4.78, 5) is 4.38. The molecule has 0 bridgehead atoms. The molecule has 14 heavy (non-hydrogen) atoms. The normalized spacial score (nSPS) is 28.1. The quantitative estimate of drug-likeness (QED) is 0.647.